The van der Waals surface area contributed by atoms with Crippen molar-refractivity contribution in [2.45, 2.75) is 19.9 Å². The summed E-state index contributed by atoms with van der Waals surface area (Å²) in [5.41, 5.74) is 6.65. The van der Waals surface area contributed by atoms with Crippen LogP contribution in [0.3, 0.4) is 0 Å². The summed E-state index contributed by atoms with van der Waals surface area (Å²) in [6, 6.07) is 4.08. The molecule has 1 aliphatic heterocycles. The van der Waals surface area contributed by atoms with Gasteiger partial charge in [-0.2, -0.15) is 5.10 Å². The fourth-order valence-electron chi connectivity index (χ4n) is 2.53. The zero-order valence-corrected chi connectivity index (χ0v) is 13.0. The maximum absolute atomic E-state index is 5.69. The van der Waals surface area contributed by atoms with Crippen LogP contribution in [0.5, 0.6) is 0 Å². The van der Waals surface area contributed by atoms with Crippen molar-refractivity contribution in [3.63, 3.8) is 0 Å². The molecule has 6 nitrogen and oxygen atoms in total. The number of hydrogen-bond acceptors (Lipinski definition) is 7. The third-order valence-electron chi connectivity index (χ3n) is 3.65. The molecule has 0 aromatic carbocycles. The molecule has 3 rings (SSSR count). The molecule has 1 saturated heterocycles. The van der Waals surface area contributed by atoms with E-state index in [0.29, 0.717) is 5.13 Å². The van der Waals surface area contributed by atoms with Crippen LogP contribution in [0.15, 0.2) is 18.3 Å². The minimum absolute atomic E-state index is 0.649. The van der Waals surface area contributed by atoms with E-state index in [4.69, 9.17) is 5.73 Å². The van der Waals surface area contributed by atoms with Gasteiger partial charge in [-0.3, -0.25) is 4.90 Å². The summed E-state index contributed by atoms with van der Waals surface area (Å²) in [5, 5.41) is 9.09. The summed E-state index contributed by atoms with van der Waals surface area (Å²) < 4.78 is 0. The van der Waals surface area contributed by atoms with Gasteiger partial charge >= 0.3 is 0 Å². The fraction of sp³-hybridized carbons (Fsp3) is 0.500. The smallest absolute Gasteiger partial charge is 0.180 e. The van der Waals surface area contributed by atoms with E-state index in [1.807, 2.05) is 19.2 Å². The van der Waals surface area contributed by atoms with Crippen LogP contribution in [0, 0.1) is 6.92 Å². The van der Waals surface area contributed by atoms with Crippen molar-refractivity contribution >= 4 is 22.3 Å². The summed E-state index contributed by atoms with van der Waals surface area (Å²) in [4.78, 5) is 10.1. The summed E-state index contributed by atoms with van der Waals surface area (Å²) in [6.45, 7) is 7.01. The SMILES string of the molecule is Cc1ccc(N2CCCN(Cc3cnc(N)s3)CC2)nn1. The molecule has 0 amide bonds. The van der Waals surface area contributed by atoms with E-state index in [9.17, 15) is 0 Å². The number of aromatic nitrogens is 3. The van der Waals surface area contributed by atoms with Crippen LogP contribution in [0.25, 0.3) is 0 Å². The van der Waals surface area contributed by atoms with Crippen LogP contribution < -0.4 is 10.6 Å². The van der Waals surface area contributed by atoms with E-state index in [1.54, 1.807) is 11.3 Å². The topological polar surface area (TPSA) is 71.2 Å². The molecular weight excluding hydrogens is 284 g/mol. The Morgan fingerprint density at radius 1 is 1.19 bits per heavy atom. The standard InChI is InChI=1S/C14H20N6S/c1-11-3-4-13(18-17-11)20-6-2-5-19(7-8-20)10-12-9-16-14(15)21-12/h3-4,9H,2,5-8,10H2,1H3,(H2,15,16). The second-order valence-corrected chi connectivity index (χ2v) is 6.46. The first-order chi connectivity index (χ1) is 10.2. The van der Waals surface area contributed by atoms with Crippen LogP contribution in [-0.2, 0) is 6.54 Å². The Bertz CT molecular complexity index is 581. The number of nitrogens with zero attached hydrogens (tertiary/aromatic N) is 5. The van der Waals surface area contributed by atoms with Gasteiger partial charge in [0.2, 0.25) is 0 Å². The molecule has 1 fully saturated rings. The van der Waals surface area contributed by atoms with Gasteiger partial charge in [-0.05, 0) is 25.5 Å². The molecule has 0 unspecified atom stereocenters. The van der Waals surface area contributed by atoms with E-state index >= 15 is 0 Å². The minimum atomic E-state index is 0.649. The molecule has 2 aromatic rings. The molecule has 0 aliphatic carbocycles. The number of anilines is 2. The molecule has 0 bridgehead atoms. The zero-order chi connectivity index (χ0) is 14.7. The van der Waals surface area contributed by atoms with Gasteiger partial charge in [0.05, 0.1) is 5.69 Å². The third-order valence-corrected chi connectivity index (χ3v) is 4.46. The Hall–Kier alpha value is -1.73. The van der Waals surface area contributed by atoms with Crippen molar-refractivity contribution in [3.05, 3.63) is 28.9 Å². The van der Waals surface area contributed by atoms with Crippen molar-refractivity contribution in [2.75, 3.05) is 36.8 Å². The third kappa shape index (κ3) is 3.68. The Balaban J connectivity index is 1.60. The largest absolute Gasteiger partial charge is 0.375 e. The first kappa shape index (κ1) is 14.2. The van der Waals surface area contributed by atoms with Crippen molar-refractivity contribution in [3.8, 4) is 0 Å². The van der Waals surface area contributed by atoms with Gasteiger partial charge in [0.15, 0.2) is 10.9 Å². The monoisotopic (exact) mass is 304 g/mol. The van der Waals surface area contributed by atoms with Crippen LogP contribution in [0.4, 0.5) is 10.9 Å². The highest BCUT2D eigenvalue weighted by atomic mass is 32.1. The number of aryl methyl sites for hydroxylation is 1. The van der Waals surface area contributed by atoms with Crippen LogP contribution >= 0.6 is 11.3 Å². The predicted octanol–water partition coefficient (Wildman–Crippen LogP) is 1.54. The second-order valence-electron chi connectivity index (χ2n) is 5.31. The van der Waals surface area contributed by atoms with Gasteiger partial charge in [-0.25, -0.2) is 4.98 Å². The molecule has 3 heterocycles. The molecule has 0 radical (unpaired) electrons. The van der Waals surface area contributed by atoms with Gasteiger partial charge in [-0.15, -0.1) is 16.4 Å². The summed E-state index contributed by atoms with van der Waals surface area (Å²) in [7, 11) is 0. The van der Waals surface area contributed by atoms with Crippen molar-refractivity contribution in [2.24, 2.45) is 0 Å². The highest BCUT2D eigenvalue weighted by molar-refractivity contribution is 7.15. The highest BCUT2D eigenvalue weighted by Crippen LogP contribution is 2.18. The Kier molecular flexibility index (Phi) is 4.31. The quantitative estimate of drug-likeness (QED) is 0.927. The first-order valence-electron chi connectivity index (χ1n) is 7.18. The van der Waals surface area contributed by atoms with Gasteiger partial charge in [0, 0.05) is 43.8 Å². The lowest BCUT2D eigenvalue weighted by Crippen LogP contribution is -2.30. The summed E-state index contributed by atoms with van der Waals surface area (Å²) in [6.07, 6.45) is 3.01. The molecule has 1 aliphatic rings. The molecular formula is C14H20N6S. The number of thiazole rings is 1. The predicted molar refractivity (Wildman–Crippen MR) is 85.4 cm³/mol. The normalized spacial score (nSPS) is 16.9. The van der Waals surface area contributed by atoms with Crippen molar-refractivity contribution in [1.82, 2.24) is 20.1 Å². The van der Waals surface area contributed by atoms with Crippen molar-refractivity contribution < 1.29 is 0 Å². The molecule has 0 spiro atoms. The first-order valence-corrected chi connectivity index (χ1v) is 8.00. The second kappa shape index (κ2) is 6.36. The molecule has 2 N–H and O–H groups in total. The van der Waals surface area contributed by atoms with E-state index in [0.717, 1.165) is 50.7 Å². The summed E-state index contributed by atoms with van der Waals surface area (Å²) in [5.74, 6) is 0.976. The van der Waals surface area contributed by atoms with E-state index in [-0.39, 0.29) is 0 Å². The van der Waals surface area contributed by atoms with Gasteiger partial charge in [-0.1, -0.05) is 0 Å². The van der Waals surface area contributed by atoms with E-state index < -0.39 is 0 Å². The highest BCUT2D eigenvalue weighted by Gasteiger charge is 2.17. The van der Waals surface area contributed by atoms with Crippen LogP contribution in [-0.4, -0.2) is 46.3 Å². The van der Waals surface area contributed by atoms with Gasteiger partial charge in [0.25, 0.3) is 0 Å². The maximum Gasteiger partial charge on any atom is 0.180 e. The molecule has 0 saturated carbocycles. The molecule has 2 aromatic heterocycles. The van der Waals surface area contributed by atoms with Gasteiger partial charge < -0.3 is 10.6 Å². The molecule has 21 heavy (non-hydrogen) atoms. The van der Waals surface area contributed by atoms with Crippen molar-refractivity contribution in [1.29, 1.82) is 0 Å². The number of nitrogens with two attached hydrogens (primary N) is 1. The Labute approximate surface area is 128 Å². The fourth-order valence-corrected chi connectivity index (χ4v) is 3.26. The average Bonchev–Trinajstić information content (AvgIpc) is 2.74. The zero-order valence-electron chi connectivity index (χ0n) is 12.2. The minimum Gasteiger partial charge on any atom is -0.375 e. The summed E-state index contributed by atoms with van der Waals surface area (Å²) >= 11 is 1.58. The Morgan fingerprint density at radius 3 is 2.81 bits per heavy atom. The van der Waals surface area contributed by atoms with Gasteiger partial charge in [0.1, 0.15) is 0 Å². The molecule has 112 valence electrons. The lowest BCUT2D eigenvalue weighted by Gasteiger charge is -2.21. The average molecular weight is 304 g/mol. The van der Waals surface area contributed by atoms with Crippen LogP contribution in [0.1, 0.15) is 17.0 Å². The number of nitrogen functional groups attached to an aromatic ring is 1. The number of rotatable bonds is 3. The Morgan fingerprint density at radius 2 is 2.10 bits per heavy atom. The van der Waals surface area contributed by atoms with E-state index in [2.05, 4.69) is 31.0 Å². The maximum atomic E-state index is 5.69. The number of hydrogen-bond donors (Lipinski definition) is 1. The lowest BCUT2D eigenvalue weighted by molar-refractivity contribution is 0.288. The van der Waals surface area contributed by atoms with E-state index in [1.165, 1.54) is 4.88 Å². The van der Waals surface area contributed by atoms with Crippen LogP contribution in [0.2, 0.25) is 0 Å². The molecule has 0 atom stereocenters. The molecule has 7 heteroatoms. The lowest BCUT2D eigenvalue weighted by atomic mass is 10.3.